The molecule has 88 valence electrons. The topological polar surface area (TPSA) is 67.0 Å². The Hall–Kier alpha value is -2.14. The third-order valence-electron chi connectivity index (χ3n) is 2.13. The first-order valence-corrected chi connectivity index (χ1v) is 5.25. The summed E-state index contributed by atoms with van der Waals surface area (Å²) in [5.74, 6) is -0.192. The van der Waals surface area contributed by atoms with Gasteiger partial charge >= 0.3 is 0 Å². The fourth-order valence-corrected chi connectivity index (χ4v) is 1.35. The Balaban J connectivity index is 1.70. The van der Waals surface area contributed by atoms with Gasteiger partial charge in [-0.25, -0.2) is 0 Å². The number of amides is 1. The smallest absolute Gasteiger partial charge is 0.250 e. The summed E-state index contributed by atoms with van der Waals surface area (Å²) in [5.41, 5.74) is 1.68. The Morgan fingerprint density at radius 2 is 2.18 bits per heavy atom. The van der Waals surface area contributed by atoms with Crippen LogP contribution in [0, 0.1) is 0 Å². The highest BCUT2D eigenvalue weighted by Gasteiger charge is 2.02. The molecule has 1 aromatic carbocycles. The van der Waals surface area contributed by atoms with Gasteiger partial charge in [-0.15, -0.1) is 0 Å². The number of nitrogens with zero attached hydrogens (tertiary/aromatic N) is 1. The van der Waals surface area contributed by atoms with Crippen LogP contribution in [0.3, 0.4) is 0 Å². The van der Waals surface area contributed by atoms with E-state index in [2.05, 4.69) is 15.5 Å². The summed E-state index contributed by atoms with van der Waals surface area (Å²) in [6.45, 7) is 0.458. The lowest BCUT2D eigenvalue weighted by molar-refractivity contribution is -0.121. The number of rotatable bonds is 5. The Kier molecular flexibility index (Phi) is 3.88. The molecule has 0 bridgehead atoms. The first-order valence-electron chi connectivity index (χ1n) is 5.25. The van der Waals surface area contributed by atoms with Gasteiger partial charge in [0.25, 0.3) is 0 Å². The lowest BCUT2D eigenvalue weighted by atomic mass is 10.2. The maximum Gasteiger partial charge on any atom is 0.250 e. The van der Waals surface area contributed by atoms with E-state index in [0.717, 1.165) is 5.56 Å². The molecule has 2 N–H and O–H groups in total. The predicted molar refractivity (Wildman–Crippen MR) is 63.3 cm³/mol. The molecule has 0 aliphatic heterocycles. The minimum absolute atomic E-state index is 0.0279. The molecule has 1 amide bonds. The number of anilines is 1. The Morgan fingerprint density at radius 1 is 1.35 bits per heavy atom. The number of aromatic amines is 1. The zero-order valence-corrected chi connectivity index (χ0v) is 9.22. The highest BCUT2D eigenvalue weighted by molar-refractivity contribution is 5.91. The molecule has 5 nitrogen and oxygen atoms in total. The summed E-state index contributed by atoms with van der Waals surface area (Å²) in [4.78, 5) is 11.4. The average Bonchev–Trinajstić information content (AvgIpc) is 2.83. The maximum absolute atomic E-state index is 11.4. The molecule has 17 heavy (non-hydrogen) atoms. The molecule has 2 aromatic rings. The zero-order chi connectivity index (χ0) is 11.9. The number of benzene rings is 1. The number of carbonyl (C=O) groups is 1. The first kappa shape index (κ1) is 11.3. The van der Waals surface area contributed by atoms with Gasteiger partial charge in [0.15, 0.2) is 0 Å². The quantitative estimate of drug-likeness (QED) is 0.820. The van der Waals surface area contributed by atoms with Crippen molar-refractivity contribution in [3.63, 3.8) is 0 Å². The van der Waals surface area contributed by atoms with Crippen molar-refractivity contribution in [2.24, 2.45) is 0 Å². The molecular weight excluding hydrogens is 218 g/mol. The predicted octanol–water partition coefficient (Wildman–Crippen LogP) is 1.56. The summed E-state index contributed by atoms with van der Waals surface area (Å²) >= 11 is 0. The summed E-state index contributed by atoms with van der Waals surface area (Å²) in [6.07, 6.45) is 3.14. The van der Waals surface area contributed by atoms with Gasteiger partial charge in [-0.1, -0.05) is 30.3 Å². The molecule has 0 aliphatic carbocycles. The van der Waals surface area contributed by atoms with E-state index in [1.54, 1.807) is 6.20 Å². The van der Waals surface area contributed by atoms with E-state index >= 15 is 0 Å². The number of hydrogen-bond acceptors (Lipinski definition) is 3. The third-order valence-corrected chi connectivity index (χ3v) is 2.13. The van der Waals surface area contributed by atoms with Gasteiger partial charge in [-0.2, -0.15) is 5.10 Å². The van der Waals surface area contributed by atoms with Crippen LogP contribution in [-0.4, -0.2) is 22.7 Å². The molecule has 0 unspecified atom stereocenters. The molecule has 0 radical (unpaired) electrons. The fraction of sp³-hybridized carbons (Fsp3) is 0.167. The van der Waals surface area contributed by atoms with E-state index in [9.17, 15) is 4.79 Å². The zero-order valence-electron chi connectivity index (χ0n) is 9.22. The summed E-state index contributed by atoms with van der Waals surface area (Å²) < 4.78 is 5.29. The van der Waals surface area contributed by atoms with Crippen LogP contribution in [0.15, 0.2) is 42.7 Å². The maximum atomic E-state index is 11.4. The van der Waals surface area contributed by atoms with E-state index in [1.165, 1.54) is 6.20 Å². The molecule has 0 aliphatic rings. The number of ether oxygens (including phenoxy) is 1. The SMILES string of the molecule is O=C(COCc1ccccc1)Nc1cn[nH]c1. The summed E-state index contributed by atoms with van der Waals surface area (Å²) in [6, 6.07) is 9.71. The van der Waals surface area contributed by atoms with Crippen LogP contribution < -0.4 is 5.32 Å². The van der Waals surface area contributed by atoms with Crippen LogP contribution in [-0.2, 0) is 16.1 Å². The van der Waals surface area contributed by atoms with Gasteiger partial charge in [0, 0.05) is 6.20 Å². The Morgan fingerprint density at radius 3 is 2.88 bits per heavy atom. The average molecular weight is 231 g/mol. The molecule has 0 atom stereocenters. The second kappa shape index (κ2) is 5.81. The molecular formula is C12H13N3O2. The van der Waals surface area contributed by atoms with Crippen molar-refractivity contribution in [1.29, 1.82) is 0 Å². The van der Waals surface area contributed by atoms with Gasteiger partial charge in [0.05, 0.1) is 18.5 Å². The second-order valence-electron chi connectivity index (χ2n) is 3.51. The highest BCUT2D eigenvalue weighted by Crippen LogP contribution is 2.02. The van der Waals surface area contributed by atoms with Gasteiger partial charge in [0.1, 0.15) is 6.61 Å². The van der Waals surface area contributed by atoms with Crippen molar-refractivity contribution >= 4 is 11.6 Å². The summed E-state index contributed by atoms with van der Waals surface area (Å²) in [5, 5.41) is 8.98. The van der Waals surface area contributed by atoms with Gasteiger partial charge in [-0.3, -0.25) is 9.89 Å². The van der Waals surface area contributed by atoms with Gasteiger partial charge < -0.3 is 10.1 Å². The van der Waals surface area contributed by atoms with Crippen LogP contribution in [0.25, 0.3) is 0 Å². The molecule has 0 fully saturated rings. The number of hydrogen-bond donors (Lipinski definition) is 2. The minimum Gasteiger partial charge on any atom is -0.367 e. The molecule has 1 heterocycles. The van der Waals surface area contributed by atoms with Crippen molar-refractivity contribution in [2.75, 3.05) is 11.9 Å². The molecule has 0 spiro atoms. The largest absolute Gasteiger partial charge is 0.367 e. The van der Waals surface area contributed by atoms with Crippen molar-refractivity contribution < 1.29 is 9.53 Å². The number of carbonyl (C=O) groups excluding carboxylic acids is 1. The molecule has 2 rings (SSSR count). The first-order chi connectivity index (χ1) is 8.34. The van der Waals surface area contributed by atoms with Crippen LogP contribution >= 0.6 is 0 Å². The lowest BCUT2D eigenvalue weighted by Gasteiger charge is -2.04. The van der Waals surface area contributed by atoms with E-state index in [1.807, 2.05) is 30.3 Å². The van der Waals surface area contributed by atoms with E-state index in [4.69, 9.17) is 4.74 Å². The van der Waals surface area contributed by atoms with Crippen molar-refractivity contribution in [1.82, 2.24) is 10.2 Å². The Labute approximate surface area is 98.8 Å². The number of nitrogens with one attached hydrogen (secondary N) is 2. The van der Waals surface area contributed by atoms with Crippen LogP contribution in [0.5, 0.6) is 0 Å². The molecule has 0 saturated carbocycles. The number of H-pyrrole nitrogens is 1. The fourth-order valence-electron chi connectivity index (χ4n) is 1.35. The van der Waals surface area contributed by atoms with E-state index < -0.39 is 0 Å². The summed E-state index contributed by atoms with van der Waals surface area (Å²) in [7, 11) is 0. The highest BCUT2D eigenvalue weighted by atomic mass is 16.5. The van der Waals surface area contributed by atoms with Crippen molar-refractivity contribution in [3.8, 4) is 0 Å². The molecule has 1 aromatic heterocycles. The second-order valence-corrected chi connectivity index (χ2v) is 3.51. The number of aromatic nitrogens is 2. The van der Waals surface area contributed by atoms with Crippen LogP contribution in [0.4, 0.5) is 5.69 Å². The monoisotopic (exact) mass is 231 g/mol. The lowest BCUT2D eigenvalue weighted by Crippen LogP contribution is -2.17. The standard InChI is InChI=1S/C12H13N3O2/c16-12(15-11-6-13-14-7-11)9-17-8-10-4-2-1-3-5-10/h1-7H,8-9H2,(H,13,14)(H,15,16). The van der Waals surface area contributed by atoms with Crippen molar-refractivity contribution in [2.45, 2.75) is 6.61 Å². The normalized spacial score (nSPS) is 10.1. The minimum atomic E-state index is -0.192. The Bertz CT molecular complexity index is 454. The van der Waals surface area contributed by atoms with E-state index in [-0.39, 0.29) is 12.5 Å². The molecule has 0 saturated heterocycles. The van der Waals surface area contributed by atoms with E-state index in [0.29, 0.717) is 12.3 Å². The van der Waals surface area contributed by atoms with Gasteiger partial charge in [0.2, 0.25) is 5.91 Å². The third kappa shape index (κ3) is 3.73. The van der Waals surface area contributed by atoms with Crippen molar-refractivity contribution in [3.05, 3.63) is 48.3 Å². The van der Waals surface area contributed by atoms with Crippen LogP contribution in [0.1, 0.15) is 5.56 Å². The van der Waals surface area contributed by atoms with Gasteiger partial charge in [-0.05, 0) is 5.56 Å². The molecule has 5 heteroatoms. The van der Waals surface area contributed by atoms with Crippen LogP contribution in [0.2, 0.25) is 0 Å².